The highest BCUT2D eigenvalue weighted by atomic mass is 32.1. The lowest BCUT2D eigenvalue weighted by Gasteiger charge is -2.02. The van der Waals surface area contributed by atoms with Crippen molar-refractivity contribution in [3.63, 3.8) is 0 Å². The van der Waals surface area contributed by atoms with Crippen LogP contribution in [-0.4, -0.2) is 21.8 Å². The molecule has 0 atom stereocenters. The molecule has 5 heteroatoms. The van der Waals surface area contributed by atoms with Gasteiger partial charge < -0.3 is 5.32 Å². The minimum absolute atomic E-state index is 0.792. The standard InChI is InChI=1S/C14H16N4S/c1-10-3-4-13(19-10)9-18-14-12(8-17-18)5-11(6-15-2)7-16-14/h3-5,7-8,15H,6,9H2,1-2H3. The molecule has 0 aliphatic carbocycles. The van der Waals surface area contributed by atoms with E-state index in [1.807, 2.05) is 35.5 Å². The van der Waals surface area contributed by atoms with Gasteiger partial charge in [0.15, 0.2) is 5.65 Å². The molecule has 0 aliphatic heterocycles. The van der Waals surface area contributed by atoms with Crippen LogP contribution in [0.2, 0.25) is 0 Å². The molecule has 1 N–H and O–H groups in total. The van der Waals surface area contributed by atoms with Crippen molar-refractivity contribution >= 4 is 22.4 Å². The van der Waals surface area contributed by atoms with E-state index in [0.717, 1.165) is 24.1 Å². The maximum Gasteiger partial charge on any atom is 0.158 e. The van der Waals surface area contributed by atoms with E-state index in [0.29, 0.717) is 0 Å². The molecule has 0 fully saturated rings. The summed E-state index contributed by atoms with van der Waals surface area (Å²) in [4.78, 5) is 7.17. The van der Waals surface area contributed by atoms with Crippen molar-refractivity contribution in [2.24, 2.45) is 0 Å². The molecule has 3 aromatic rings. The first kappa shape index (κ1) is 12.3. The van der Waals surface area contributed by atoms with Gasteiger partial charge in [-0.05, 0) is 37.7 Å². The van der Waals surface area contributed by atoms with Crippen LogP contribution in [-0.2, 0) is 13.1 Å². The molecule has 0 spiro atoms. The normalized spacial score (nSPS) is 11.3. The van der Waals surface area contributed by atoms with E-state index in [9.17, 15) is 0 Å². The molecule has 98 valence electrons. The molecule has 0 amide bonds. The lowest BCUT2D eigenvalue weighted by Crippen LogP contribution is -2.06. The molecule has 0 unspecified atom stereocenters. The highest BCUT2D eigenvalue weighted by Crippen LogP contribution is 2.19. The Morgan fingerprint density at radius 2 is 2.21 bits per heavy atom. The second-order valence-corrected chi connectivity index (χ2v) is 5.97. The summed E-state index contributed by atoms with van der Waals surface area (Å²) in [5, 5.41) is 8.67. The van der Waals surface area contributed by atoms with Crippen molar-refractivity contribution in [1.82, 2.24) is 20.1 Å². The zero-order chi connectivity index (χ0) is 13.2. The largest absolute Gasteiger partial charge is 0.316 e. The van der Waals surface area contributed by atoms with Crippen LogP contribution in [0.4, 0.5) is 0 Å². The summed E-state index contributed by atoms with van der Waals surface area (Å²) >= 11 is 1.81. The number of rotatable bonds is 4. The second kappa shape index (κ2) is 5.11. The third-order valence-electron chi connectivity index (χ3n) is 3.01. The minimum atomic E-state index is 0.792. The third kappa shape index (κ3) is 2.52. The van der Waals surface area contributed by atoms with Crippen molar-refractivity contribution in [3.05, 3.63) is 45.9 Å². The van der Waals surface area contributed by atoms with E-state index in [1.165, 1.54) is 15.3 Å². The molecular formula is C14H16N4S. The van der Waals surface area contributed by atoms with Crippen LogP contribution in [0.3, 0.4) is 0 Å². The molecule has 3 aromatic heterocycles. The molecule has 0 saturated heterocycles. The fourth-order valence-corrected chi connectivity index (χ4v) is 3.02. The summed E-state index contributed by atoms with van der Waals surface area (Å²) in [6.45, 7) is 3.75. The van der Waals surface area contributed by atoms with Crippen molar-refractivity contribution < 1.29 is 0 Å². The number of aromatic nitrogens is 3. The Labute approximate surface area is 116 Å². The Kier molecular flexibility index (Phi) is 3.31. The smallest absolute Gasteiger partial charge is 0.158 e. The first-order chi connectivity index (χ1) is 9.26. The van der Waals surface area contributed by atoms with Crippen LogP contribution in [0, 0.1) is 6.92 Å². The van der Waals surface area contributed by atoms with E-state index in [1.54, 1.807) is 0 Å². The quantitative estimate of drug-likeness (QED) is 0.794. The van der Waals surface area contributed by atoms with E-state index in [2.05, 4.69) is 40.5 Å². The highest BCUT2D eigenvalue weighted by Gasteiger charge is 2.06. The van der Waals surface area contributed by atoms with Gasteiger partial charge in [0.25, 0.3) is 0 Å². The van der Waals surface area contributed by atoms with Gasteiger partial charge in [0, 0.05) is 27.9 Å². The fraction of sp³-hybridized carbons (Fsp3) is 0.286. The zero-order valence-electron chi connectivity index (χ0n) is 11.1. The number of nitrogens with zero attached hydrogens (tertiary/aromatic N) is 3. The summed E-state index contributed by atoms with van der Waals surface area (Å²) < 4.78 is 1.96. The SMILES string of the molecule is CNCc1cnc2c(cnn2Cc2ccc(C)s2)c1. The van der Waals surface area contributed by atoms with Crippen LogP contribution in [0.15, 0.2) is 30.6 Å². The number of thiophene rings is 1. The Hall–Kier alpha value is -1.72. The number of fused-ring (bicyclic) bond motifs is 1. The molecule has 0 bridgehead atoms. The molecule has 19 heavy (non-hydrogen) atoms. The average Bonchev–Trinajstić information content (AvgIpc) is 2.97. The van der Waals surface area contributed by atoms with Crippen LogP contribution in [0.5, 0.6) is 0 Å². The summed E-state index contributed by atoms with van der Waals surface area (Å²) in [7, 11) is 1.94. The minimum Gasteiger partial charge on any atom is -0.316 e. The number of nitrogens with one attached hydrogen (secondary N) is 1. The van der Waals surface area contributed by atoms with Crippen molar-refractivity contribution in [2.75, 3.05) is 7.05 Å². The van der Waals surface area contributed by atoms with Gasteiger partial charge in [-0.25, -0.2) is 9.67 Å². The van der Waals surface area contributed by atoms with Gasteiger partial charge in [0.1, 0.15) is 0 Å². The van der Waals surface area contributed by atoms with E-state index in [4.69, 9.17) is 0 Å². The number of hydrogen-bond donors (Lipinski definition) is 1. The van der Waals surface area contributed by atoms with E-state index in [-0.39, 0.29) is 0 Å². The number of aryl methyl sites for hydroxylation is 1. The van der Waals surface area contributed by atoms with Crippen molar-refractivity contribution in [1.29, 1.82) is 0 Å². The topological polar surface area (TPSA) is 42.7 Å². The van der Waals surface area contributed by atoms with Gasteiger partial charge in [-0.1, -0.05) is 0 Å². The van der Waals surface area contributed by atoms with Crippen molar-refractivity contribution in [3.8, 4) is 0 Å². The van der Waals surface area contributed by atoms with Gasteiger partial charge in [-0.3, -0.25) is 0 Å². The predicted molar refractivity (Wildman–Crippen MR) is 78.4 cm³/mol. The second-order valence-electron chi connectivity index (χ2n) is 4.60. The van der Waals surface area contributed by atoms with Crippen LogP contribution in [0.25, 0.3) is 11.0 Å². The predicted octanol–water partition coefficient (Wildman–Crippen LogP) is 2.57. The van der Waals surface area contributed by atoms with Gasteiger partial charge in [-0.2, -0.15) is 5.10 Å². The molecule has 0 saturated carbocycles. The van der Waals surface area contributed by atoms with Crippen LogP contribution in [0.1, 0.15) is 15.3 Å². The maximum absolute atomic E-state index is 4.53. The molecule has 3 heterocycles. The van der Waals surface area contributed by atoms with Crippen molar-refractivity contribution in [2.45, 2.75) is 20.0 Å². The molecule has 3 rings (SSSR count). The van der Waals surface area contributed by atoms with Gasteiger partial charge in [0.05, 0.1) is 12.7 Å². The monoisotopic (exact) mass is 272 g/mol. The Morgan fingerprint density at radius 3 is 2.95 bits per heavy atom. The summed E-state index contributed by atoms with van der Waals surface area (Å²) in [6.07, 6.45) is 3.80. The van der Waals surface area contributed by atoms with Crippen LogP contribution < -0.4 is 5.32 Å². The van der Waals surface area contributed by atoms with E-state index < -0.39 is 0 Å². The molecule has 4 nitrogen and oxygen atoms in total. The average molecular weight is 272 g/mol. The Bertz CT molecular complexity index is 698. The Balaban J connectivity index is 1.92. The molecular weight excluding hydrogens is 256 g/mol. The lowest BCUT2D eigenvalue weighted by molar-refractivity contribution is 0.712. The summed E-state index contributed by atoms with van der Waals surface area (Å²) in [5.41, 5.74) is 2.13. The van der Waals surface area contributed by atoms with Crippen LogP contribution >= 0.6 is 11.3 Å². The molecule has 0 aliphatic rings. The highest BCUT2D eigenvalue weighted by molar-refractivity contribution is 7.11. The third-order valence-corrected chi connectivity index (χ3v) is 4.00. The van der Waals surface area contributed by atoms with Gasteiger partial charge >= 0.3 is 0 Å². The zero-order valence-corrected chi connectivity index (χ0v) is 11.9. The molecule has 0 radical (unpaired) electrons. The first-order valence-electron chi connectivity index (χ1n) is 6.26. The number of hydrogen-bond acceptors (Lipinski definition) is 4. The first-order valence-corrected chi connectivity index (χ1v) is 7.08. The fourth-order valence-electron chi connectivity index (χ4n) is 2.15. The summed E-state index contributed by atoms with van der Waals surface area (Å²) in [6, 6.07) is 6.44. The van der Waals surface area contributed by atoms with Gasteiger partial charge in [-0.15, -0.1) is 11.3 Å². The maximum atomic E-state index is 4.53. The van der Waals surface area contributed by atoms with E-state index >= 15 is 0 Å². The number of pyridine rings is 1. The summed E-state index contributed by atoms with van der Waals surface area (Å²) in [5.74, 6) is 0. The van der Waals surface area contributed by atoms with Gasteiger partial charge in [0.2, 0.25) is 0 Å². The Morgan fingerprint density at radius 1 is 1.32 bits per heavy atom. The lowest BCUT2D eigenvalue weighted by atomic mass is 10.2. The molecule has 0 aromatic carbocycles.